The summed E-state index contributed by atoms with van der Waals surface area (Å²) in [5.41, 5.74) is 3.93. The van der Waals surface area contributed by atoms with Crippen molar-refractivity contribution < 1.29 is 17.9 Å². The molecule has 0 saturated carbocycles. The van der Waals surface area contributed by atoms with Crippen molar-refractivity contribution in [2.24, 2.45) is 0 Å². The van der Waals surface area contributed by atoms with Crippen LogP contribution in [0.4, 0.5) is 5.69 Å². The summed E-state index contributed by atoms with van der Waals surface area (Å²) in [6, 6.07) is 21.9. The molecule has 0 saturated heterocycles. The molecular formula is C25H28N2O4S. The minimum Gasteiger partial charge on any atom is -0.494 e. The van der Waals surface area contributed by atoms with Gasteiger partial charge in [-0.2, -0.15) is 0 Å². The smallest absolute Gasteiger partial charge is 0.251 e. The van der Waals surface area contributed by atoms with E-state index >= 15 is 0 Å². The summed E-state index contributed by atoms with van der Waals surface area (Å²) in [5.74, 6) is 0.564. The first-order valence-electron chi connectivity index (χ1n) is 10.4. The zero-order chi connectivity index (χ0) is 23.1. The molecule has 0 aliphatic heterocycles. The molecule has 0 spiro atoms. The second-order valence-corrected chi connectivity index (χ2v) is 9.47. The molecule has 0 atom stereocenters. The van der Waals surface area contributed by atoms with Crippen LogP contribution in [0, 0.1) is 6.92 Å². The molecule has 0 aliphatic carbocycles. The minimum atomic E-state index is -3.49. The van der Waals surface area contributed by atoms with Gasteiger partial charge >= 0.3 is 0 Å². The van der Waals surface area contributed by atoms with Gasteiger partial charge in [0.2, 0.25) is 10.0 Å². The van der Waals surface area contributed by atoms with E-state index in [0.29, 0.717) is 24.4 Å². The quantitative estimate of drug-likeness (QED) is 0.526. The lowest BCUT2D eigenvalue weighted by Crippen LogP contribution is -2.29. The first kappa shape index (κ1) is 23.3. The summed E-state index contributed by atoms with van der Waals surface area (Å²) in [6.45, 7) is 5.13. The van der Waals surface area contributed by atoms with E-state index in [4.69, 9.17) is 4.74 Å². The van der Waals surface area contributed by atoms with Gasteiger partial charge in [-0.05, 0) is 61.4 Å². The molecule has 3 aromatic carbocycles. The van der Waals surface area contributed by atoms with Gasteiger partial charge in [-0.25, -0.2) is 8.42 Å². The average Bonchev–Trinajstić information content (AvgIpc) is 2.77. The summed E-state index contributed by atoms with van der Waals surface area (Å²) in [6.07, 6.45) is 1.18. The van der Waals surface area contributed by atoms with E-state index in [1.54, 1.807) is 24.3 Å². The molecule has 0 radical (unpaired) electrons. The number of rotatable bonds is 9. The molecule has 0 aliphatic rings. The summed E-state index contributed by atoms with van der Waals surface area (Å²) >= 11 is 0. The van der Waals surface area contributed by atoms with Crippen LogP contribution < -0.4 is 14.4 Å². The largest absolute Gasteiger partial charge is 0.494 e. The van der Waals surface area contributed by atoms with Gasteiger partial charge in [-0.15, -0.1) is 0 Å². The Morgan fingerprint density at radius 3 is 2.06 bits per heavy atom. The van der Waals surface area contributed by atoms with Crippen LogP contribution in [0.2, 0.25) is 0 Å². The molecule has 0 bridgehead atoms. The molecule has 32 heavy (non-hydrogen) atoms. The summed E-state index contributed by atoms with van der Waals surface area (Å²) in [7, 11) is -3.49. The number of anilines is 1. The Bertz CT molecular complexity index is 1140. The molecule has 0 aromatic heterocycles. The van der Waals surface area contributed by atoms with Gasteiger partial charge in [0.15, 0.2) is 0 Å². The van der Waals surface area contributed by atoms with E-state index in [2.05, 4.69) is 5.32 Å². The van der Waals surface area contributed by atoms with Crippen LogP contribution in [-0.4, -0.2) is 27.2 Å². The Kier molecular flexibility index (Phi) is 7.53. The van der Waals surface area contributed by atoms with Crippen LogP contribution >= 0.6 is 0 Å². The normalized spacial score (nSPS) is 11.1. The van der Waals surface area contributed by atoms with Gasteiger partial charge in [-0.3, -0.25) is 9.10 Å². The first-order chi connectivity index (χ1) is 15.3. The van der Waals surface area contributed by atoms with Crippen molar-refractivity contribution in [2.45, 2.75) is 26.9 Å². The van der Waals surface area contributed by atoms with E-state index in [-0.39, 0.29) is 12.5 Å². The van der Waals surface area contributed by atoms with Gasteiger partial charge in [0.05, 0.1) is 25.1 Å². The number of ether oxygens (including phenoxy) is 1. The number of hydrogen-bond donors (Lipinski definition) is 1. The van der Waals surface area contributed by atoms with Crippen LogP contribution in [0.25, 0.3) is 0 Å². The molecule has 1 amide bonds. The number of aryl methyl sites for hydroxylation is 1. The standard InChI is InChI=1S/C25H28N2O4S/c1-4-31-24-15-9-20(10-16-24)17-26-25(28)22-11-13-23(14-12-22)27(32(3,29)30)18-21-7-5-19(2)6-8-21/h5-16H,4,17-18H2,1-3H3,(H,26,28). The SMILES string of the molecule is CCOc1ccc(CNC(=O)c2ccc(N(Cc3ccc(C)cc3)S(C)(=O)=O)cc2)cc1. The number of sulfonamides is 1. The highest BCUT2D eigenvalue weighted by Gasteiger charge is 2.18. The highest BCUT2D eigenvalue weighted by atomic mass is 32.2. The van der Waals surface area contributed by atoms with Crippen LogP contribution in [0.3, 0.4) is 0 Å². The Balaban J connectivity index is 1.67. The Morgan fingerprint density at radius 1 is 0.906 bits per heavy atom. The number of nitrogens with zero attached hydrogens (tertiary/aromatic N) is 1. The maximum atomic E-state index is 12.5. The molecule has 3 rings (SSSR count). The first-order valence-corrected chi connectivity index (χ1v) is 12.2. The van der Waals surface area contributed by atoms with E-state index < -0.39 is 10.0 Å². The predicted molar refractivity (Wildman–Crippen MR) is 127 cm³/mol. The lowest BCUT2D eigenvalue weighted by molar-refractivity contribution is 0.0951. The molecule has 3 aromatic rings. The van der Waals surface area contributed by atoms with Crippen LogP contribution in [0.15, 0.2) is 72.8 Å². The van der Waals surface area contributed by atoms with E-state index in [1.807, 2.05) is 62.4 Å². The highest BCUT2D eigenvalue weighted by molar-refractivity contribution is 7.92. The number of amides is 1. The van der Waals surface area contributed by atoms with Crippen molar-refractivity contribution in [3.05, 3.63) is 95.1 Å². The number of benzene rings is 3. The Hall–Kier alpha value is -3.32. The highest BCUT2D eigenvalue weighted by Crippen LogP contribution is 2.22. The number of carbonyl (C=O) groups excluding carboxylic acids is 1. The lowest BCUT2D eigenvalue weighted by Gasteiger charge is -2.23. The van der Waals surface area contributed by atoms with Crippen molar-refractivity contribution >= 4 is 21.6 Å². The van der Waals surface area contributed by atoms with Gasteiger partial charge in [0.25, 0.3) is 5.91 Å². The third-order valence-corrected chi connectivity index (χ3v) is 6.09. The van der Waals surface area contributed by atoms with Crippen LogP contribution in [0.1, 0.15) is 34.0 Å². The number of hydrogen-bond acceptors (Lipinski definition) is 4. The fraction of sp³-hybridized carbons (Fsp3) is 0.240. The van der Waals surface area contributed by atoms with Gasteiger partial charge in [0, 0.05) is 12.1 Å². The van der Waals surface area contributed by atoms with Crippen LogP contribution in [0.5, 0.6) is 5.75 Å². The van der Waals surface area contributed by atoms with E-state index in [9.17, 15) is 13.2 Å². The maximum Gasteiger partial charge on any atom is 0.251 e. The third kappa shape index (κ3) is 6.34. The molecule has 1 N–H and O–H groups in total. The topological polar surface area (TPSA) is 75.7 Å². The second kappa shape index (κ2) is 10.3. The Labute approximate surface area is 189 Å². The number of nitrogens with one attached hydrogen (secondary N) is 1. The summed E-state index contributed by atoms with van der Waals surface area (Å²) < 4.78 is 31.5. The molecular weight excluding hydrogens is 424 g/mol. The van der Waals surface area contributed by atoms with E-state index in [0.717, 1.165) is 22.4 Å². The Morgan fingerprint density at radius 2 is 1.50 bits per heavy atom. The fourth-order valence-corrected chi connectivity index (χ4v) is 4.08. The molecule has 168 valence electrons. The van der Waals surface area contributed by atoms with Gasteiger partial charge in [-0.1, -0.05) is 42.0 Å². The molecule has 7 heteroatoms. The van der Waals surface area contributed by atoms with Gasteiger partial charge < -0.3 is 10.1 Å². The second-order valence-electron chi connectivity index (χ2n) is 7.56. The van der Waals surface area contributed by atoms with Crippen molar-refractivity contribution in [3.8, 4) is 5.75 Å². The lowest BCUT2D eigenvalue weighted by atomic mass is 10.1. The van der Waals surface area contributed by atoms with Crippen LogP contribution in [-0.2, 0) is 23.1 Å². The predicted octanol–water partition coefficient (Wildman–Crippen LogP) is 4.29. The van der Waals surface area contributed by atoms with Gasteiger partial charge in [0.1, 0.15) is 5.75 Å². The molecule has 0 unspecified atom stereocenters. The summed E-state index contributed by atoms with van der Waals surface area (Å²) in [4.78, 5) is 12.5. The van der Waals surface area contributed by atoms with Crippen molar-refractivity contribution in [2.75, 3.05) is 17.2 Å². The molecule has 0 fully saturated rings. The minimum absolute atomic E-state index is 0.225. The van der Waals surface area contributed by atoms with Crippen molar-refractivity contribution in [3.63, 3.8) is 0 Å². The maximum absolute atomic E-state index is 12.5. The molecule has 6 nitrogen and oxygen atoms in total. The zero-order valence-corrected chi connectivity index (χ0v) is 19.4. The zero-order valence-electron chi connectivity index (χ0n) is 18.5. The van der Waals surface area contributed by atoms with E-state index in [1.165, 1.54) is 10.6 Å². The van der Waals surface area contributed by atoms with Crippen molar-refractivity contribution in [1.29, 1.82) is 0 Å². The average molecular weight is 453 g/mol. The fourth-order valence-electron chi connectivity index (χ4n) is 3.19. The summed E-state index contributed by atoms with van der Waals surface area (Å²) in [5, 5.41) is 2.88. The number of carbonyl (C=O) groups is 1. The van der Waals surface area contributed by atoms with Crippen molar-refractivity contribution in [1.82, 2.24) is 5.32 Å². The monoisotopic (exact) mass is 452 g/mol. The molecule has 0 heterocycles. The third-order valence-electron chi connectivity index (χ3n) is 4.95.